The predicted molar refractivity (Wildman–Crippen MR) is 77.0 cm³/mol. The van der Waals surface area contributed by atoms with Gasteiger partial charge in [0.1, 0.15) is 0 Å². The maximum absolute atomic E-state index is 11.6. The second-order valence-electron chi connectivity index (χ2n) is 4.61. The first-order valence-corrected chi connectivity index (χ1v) is 7.14. The maximum atomic E-state index is 11.6. The van der Waals surface area contributed by atoms with Gasteiger partial charge in [0.15, 0.2) is 0 Å². The Bertz CT molecular complexity index is 562. The van der Waals surface area contributed by atoms with E-state index in [0.717, 1.165) is 36.1 Å². The highest BCUT2D eigenvalue weighted by Gasteiger charge is 2.25. The molecule has 0 saturated carbocycles. The van der Waals surface area contributed by atoms with Gasteiger partial charge in [-0.2, -0.15) is 0 Å². The molecule has 2 amide bonds. The van der Waals surface area contributed by atoms with Crippen molar-refractivity contribution >= 4 is 34.7 Å². The SMILES string of the molecule is O=C1NC(=O)/C(=C/c2ccccc2N2CCCC2)S1. The van der Waals surface area contributed by atoms with Crippen molar-refractivity contribution < 1.29 is 9.59 Å². The van der Waals surface area contributed by atoms with Gasteiger partial charge in [-0.1, -0.05) is 18.2 Å². The molecule has 2 aliphatic rings. The number of benzene rings is 1. The number of nitrogens with one attached hydrogen (secondary N) is 1. The third-order valence-corrected chi connectivity index (χ3v) is 4.12. The lowest BCUT2D eigenvalue weighted by atomic mass is 10.1. The van der Waals surface area contributed by atoms with E-state index in [9.17, 15) is 9.59 Å². The van der Waals surface area contributed by atoms with Crippen LogP contribution in [0.4, 0.5) is 10.5 Å². The molecule has 0 bridgehead atoms. The number of hydrogen-bond acceptors (Lipinski definition) is 4. The Labute approximate surface area is 115 Å². The molecule has 1 aromatic carbocycles. The first kappa shape index (κ1) is 12.3. The largest absolute Gasteiger partial charge is 0.371 e. The molecule has 2 heterocycles. The van der Waals surface area contributed by atoms with Crippen molar-refractivity contribution in [1.82, 2.24) is 5.32 Å². The van der Waals surface area contributed by atoms with Gasteiger partial charge >= 0.3 is 0 Å². The fourth-order valence-electron chi connectivity index (χ4n) is 2.42. The summed E-state index contributed by atoms with van der Waals surface area (Å²) in [6, 6.07) is 8.00. The Morgan fingerprint density at radius 1 is 1.16 bits per heavy atom. The number of nitrogens with zero attached hydrogens (tertiary/aromatic N) is 1. The third-order valence-electron chi connectivity index (χ3n) is 3.31. The molecule has 3 rings (SSSR count). The highest BCUT2D eigenvalue weighted by molar-refractivity contribution is 8.18. The van der Waals surface area contributed by atoms with Crippen LogP contribution in [0.1, 0.15) is 18.4 Å². The van der Waals surface area contributed by atoms with Crippen molar-refractivity contribution in [2.24, 2.45) is 0 Å². The Balaban J connectivity index is 1.94. The average molecular weight is 274 g/mol. The molecule has 19 heavy (non-hydrogen) atoms. The molecule has 0 aliphatic carbocycles. The minimum Gasteiger partial charge on any atom is -0.371 e. The Hall–Kier alpha value is -1.75. The molecule has 4 nitrogen and oxygen atoms in total. The second-order valence-corrected chi connectivity index (χ2v) is 5.62. The average Bonchev–Trinajstić information content (AvgIpc) is 3.01. The number of thioether (sulfide) groups is 1. The molecule has 2 saturated heterocycles. The van der Waals surface area contributed by atoms with Gasteiger partial charge in [0.2, 0.25) is 0 Å². The lowest BCUT2D eigenvalue weighted by Crippen LogP contribution is -2.19. The van der Waals surface area contributed by atoms with Gasteiger partial charge in [-0.25, -0.2) is 0 Å². The molecule has 1 N–H and O–H groups in total. The van der Waals surface area contributed by atoms with Gasteiger partial charge < -0.3 is 4.90 Å². The predicted octanol–water partition coefficient (Wildman–Crippen LogP) is 2.61. The van der Waals surface area contributed by atoms with Gasteiger partial charge in [0.05, 0.1) is 4.91 Å². The summed E-state index contributed by atoms with van der Waals surface area (Å²) in [6.07, 6.45) is 4.22. The standard InChI is InChI=1S/C14H14N2O2S/c17-13-12(19-14(18)15-13)9-10-5-1-2-6-11(10)16-7-3-4-8-16/h1-2,5-6,9H,3-4,7-8H2,(H,15,17,18)/b12-9-. The van der Waals surface area contributed by atoms with Crippen LogP contribution in [0.5, 0.6) is 0 Å². The monoisotopic (exact) mass is 274 g/mol. The number of imide groups is 1. The van der Waals surface area contributed by atoms with Crippen molar-refractivity contribution in [3.63, 3.8) is 0 Å². The van der Waals surface area contributed by atoms with E-state index in [1.807, 2.05) is 18.2 Å². The first-order chi connectivity index (χ1) is 9.24. The Morgan fingerprint density at radius 2 is 1.89 bits per heavy atom. The van der Waals surface area contributed by atoms with Gasteiger partial charge in [0, 0.05) is 18.8 Å². The van der Waals surface area contributed by atoms with Crippen molar-refractivity contribution in [2.75, 3.05) is 18.0 Å². The summed E-state index contributed by atoms with van der Waals surface area (Å²) in [5, 5.41) is 1.98. The molecule has 1 aromatic rings. The summed E-state index contributed by atoms with van der Waals surface area (Å²) in [5.74, 6) is -0.300. The van der Waals surface area contributed by atoms with E-state index in [0.29, 0.717) is 4.91 Å². The lowest BCUT2D eigenvalue weighted by Gasteiger charge is -2.20. The quantitative estimate of drug-likeness (QED) is 0.842. The fraction of sp³-hybridized carbons (Fsp3) is 0.286. The van der Waals surface area contributed by atoms with Crippen LogP contribution in [0.15, 0.2) is 29.2 Å². The smallest absolute Gasteiger partial charge is 0.290 e. The number of amides is 2. The molecule has 2 aliphatic heterocycles. The minimum atomic E-state index is -0.300. The van der Waals surface area contributed by atoms with Crippen molar-refractivity contribution in [2.45, 2.75) is 12.8 Å². The summed E-state index contributed by atoms with van der Waals surface area (Å²) in [6.45, 7) is 2.11. The first-order valence-electron chi connectivity index (χ1n) is 6.33. The van der Waals surface area contributed by atoms with Crippen LogP contribution < -0.4 is 10.2 Å². The number of rotatable bonds is 2. The van der Waals surface area contributed by atoms with Gasteiger partial charge in [0.25, 0.3) is 11.1 Å². The molecular formula is C14H14N2O2S. The lowest BCUT2D eigenvalue weighted by molar-refractivity contribution is -0.115. The zero-order valence-electron chi connectivity index (χ0n) is 10.4. The van der Waals surface area contributed by atoms with Crippen LogP contribution in [0.25, 0.3) is 6.08 Å². The number of carbonyl (C=O) groups excluding carboxylic acids is 2. The highest BCUT2D eigenvalue weighted by Crippen LogP contribution is 2.30. The van der Waals surface area contributed by atoms with E-state index in [1.54, 1.807) is 6.08 Å². The summed E-state index contributed by atoms with van der Waals surface area (Å²) >= 11 is 0.963. The van der Waals surface area contributed by atoms with Crippen LogP contribution in [-0.4, -0.2) is 24.2 Å². The van der Waals surface area contributed by atoms with Crippen LogP contribution in [0.3, 0.4) is 0 Å². The van der Waals surface area contributed by atoms with Crippen LogP contribution in [0.2, 0.25) is 0 Å². The molecule has 0 unspecified atom stereocenters. The number of para-hydroxylation sites is 1. The van der Waals surface area contributed by atoms with Gasteiger partial charge in [-0.3, -0.25) is 14.9 Å². The maximum Gasteiger partial charge on any atom is 0.290 e. The minimum absolute atomic E-state index is 0.296. The number of anilines is 1. The third kappa shape index (κ3) is 2.51. The molecule has 0 atom stereocenters. The Kier molecular flexibility index (Phi) is 3.29. The normalized spacial score (nSPS) is 21.3. The molecule has 0 aromatic heterocycles. The molecule has 2 fully saturated rings. The molecule has 0 spiro atoms. The summed E-state index contributed by atoms with van der Waals surface area (Å²) in [5.41, 5.74) is 2.14. The van der Waals surface area contributed by atoms with E-state index < -0.39 is 0 Å². The van der Waals surface area contributed by atoms with Crippen molar-refractivity contribution in [1.29, 1.82) is 0 Å². The fourth-order valence-corrected chi connectivity index (χ4v) is 3.09. The number of hydrogen-bond donors (Lipinski definition) is 1. The zero-order valence-corrected chi connectivity index (χ0v) is 11.2. The van der Waals surface area contributed by atoms with E-state index in [2.05, 4.69) is 16.3 Å². The Morgan fingerprint density at radius 3 is 2.58 bits per heavy atom. The van der Waals surface area contributed by atoms with Crippen molar-refractivity contribution in [3.05, 3.63) is 34.7 Å². The summed E-state index contributed by atoms with van der Waals surface area (Å²) in [4.78, 5) is 25.6. The summed E-state index contributed by atoms with van der Waals surface area (Å²) < 4.78 is 0. The molecule has 98 valence electrons. The summed E-state index contributed by atoms with van der Waals surface area (Å²) in [7, 11) is 0. The highest BCUT2D eigenvalue weighted by atomic mass is 32.2. The van der Waals surface area contributed by atoms with E-state index >= 15 is 0 Å². The van der Waals surface area contributed by atoms with Crippen LogP contribution >= 0.6 is 11.8 Å². The van der Waals surface area contributed by atoms with Gasteiger partial charge in [-0.15, -0.1) is 0 Å². The topological polar surface area (TPSA) is 49.4 Å². The van der Waals surface area contributed by atoms with Crippen LogP contribution in [-0.2, 0) is 4.79 Å². The molecule has 0 radical (unpaired) electrons. The molecular weight excluding hydrogens is 260 g/mol. The van der Waals surface area contributed by atoms with Crippen molar-refractivity contribution in [3.8, 4) is 0 Å². The zero-order chi connectivity index (χ0) is 13.2. The molecule has 5 heteroatoms. The van der Waals surface area contributed by atoms with Gasteiger partial charge in [-0.05, 0) is 42.3 Å². The van der Waals surface area contributed by atoms with Crippen LogP contribution in [0, 0.1) is 0 Å². The second kappa shape index (κ2) is 5.09. The van der Waals surface area contributed by atoms with E-state index in [4.69, 9.17) is 0 Å². The van der Waals surface area contributed by atoms with E-state index in [-0.39, 0.29) is 11.1 Å². The van der Waals surface area contributed by atoms with E-state index in [1.165, 1.54) is 12.8 Å². The number of carbonyl (C=O) groups is 2.